The normalized spacial score (nSPS) is 19.7. The first-order valence-corrected chi connectivity index (χ1v) is 5.39. The van der Waals surface area contributed by atoms with E-state index in [1.54, 1.807) is 0 Å². The van der Waals surface area contributed by atoms with Crippen LogP contribution in [0.3, 0.4) is 0 Å². The summed E-state index contributed by atoms with van der Waals surface area (Å²) < 4.78 is 78.6. The first-order valence-electron chi connectivity index (χ1n) is 5.39. The zero-order valence-corrected chi connectivity index (χ0v) is 10.0. The number of nitrogens with two attached hydrogens (primary N) is 1. The Kier molecular flexibility index (Phi) is 3.61. The van der Waals surface area contributed by atoms with E-state index in [1.807, 2.05) is 0 Å². The van der Waals surface area contributed by atoms with Crippen LogP contribution in [0, 0.1) is 0 Å². The summed E-state index contributed by atoms with van der Waals surface area (Å²) in [6.07, 6.45) is -7.96. The van der Waals surface area contributed by atoms with Crippen LogP contribution in [-0.2, 0) is 6.18 Å². The van der Waals surface area contributed by atoms with Crippen molar-refractivity contribution in [3.05, 3.63) is 35.8 Å². The van der Waals surface area contributed by atoms with Crippen molar-refractivity contribution in [3.8, 4) is 0 Å². The standard InChI is InChI=1S/C10H8F6N4O/c11-9(12,13)5-1-2-7(17)20(4-5)18-8-3-6(21-19-8)10(14,15)16/h1-4,7H,17H2,(H,18,19). The number of hydrazine groups is 1. The molecule has 3 N–H and O–H groups in total. The Hall–Kier alpha value is -2.17. The Labute approximate surface area is 113 Å². The average molecular weight is 314 g/mol. The number of nitrogens with zero attached hydrogens (tertiary/aromatic N) is 2. The summed E-state index contributed by atoms with van der Waals surface area (Å²) >= 11 is 0. The van der Waals surface area contributed by atoms with Gasteiger partial charge in [0.25, 0.3) is 0 Å². The Bertz CT molecular complexity index is 573. The minimum absolute atomic E-state index is 0.425. The smallest absolute Gasteiger partial charge is 0.349 e. The minimum Gasteiger partial charge on any atom is -0.349 e. The number of rotatable bonds is 2. The zero-order valence-electron chi connectivity index (χ0n) is 10.0. The highest BCUT2D eigenvalue weighted by molar-refractivity contribution is 5.37. The monoisotopic (exact) mass is 314 g/mol. The first kappa shape index (κ1) is 15.2. The van der Waals surface area contributed by atoms with Gasteiger partial charge in [0.05, 0.1) is 5.57 Å². The Balaban J connectivity index is 2.17. The molecule has 5 nitrogen and oxygen atoms in total. The van der Waals surface area contributed by atoms with Crippen LogP contribution in [0.15, 0.2) is 34.5 Å². The second-order valence-electron chi connectivity index (χ2n) is 4.03. The second-order valence-corrected chi connectivity index (χ2v) is 4.03. The van der Waals surface area contributed by atoms with Crippen molar-refractivity contribution in [2.24, 2.45) is 5.73 Å². The van der Waals surface area contributed by atoms with Gasteiger partial charge in [0.15, 0.2) is 5.82 Å². The highest BCUT2D eigenvalue weighted by atomic mass is 19.4. The van der Waals surface area contributed by atoms with Gasteiger partial charge in [-0.2, -0.15) is 26.3 Å². The maximum atomic E-state index is 12.5. The fourth-order valence-electron chi connectivity index (χ4n) is 1.44. The highest BCUT2D eigenvalue weighted by Crippen LogP contribution is 2.32. The molecule has 116 valence electrons. The molecule has 1 aromatic heterocycles. The number of halogens is 6. The largest absolute Gasteiger partial charge is 0.452 e. The van der Waals surface area contributed by atoms with E-state index >= 15 is 0 Å². The number of allylic oxidation sites excluding steroid dienone is 2. The lowest BCUT2D eigenvalue weighted by atomic mass is 10.2. The van der Waals surface area contributed by atoms with Gasteiger partial charge in [-0.3, -0.25) is 10.4 Å². The molecule has 0 aromatic carbocycles. The van der Waals surface area contributed by atoms with Crippen molar-refractivity contribution in [1.29, 1.82) is 0 Å². The third kappa shape index (κ3) is 3.48. The molecule has 2 rings (SSSR count). The van der Waals surface area contributed by atoms with Crippen LogP contribution < -0.4 is 11.2 Å². The van der Waals surface area contributed by atoms with Crippen molar-refractivity contribution in [3.63, 3.8) is 0 Å². The van der Waals surface area contributed by atoms with Crippen LogP contribution in [0.4, 0.5) is 32.2 Å². The Morgan fingerprint density at radius 1 is 1.19 bits per heavy atom. The van der Waals surface area contributed by atoms with Gasteiger partial charge >= 0.3 is 12.4 Å². The maximum Gasteiger partial charge on any atom is 0.452 e. The lowest BCUT2D eigenvalue weighted by Gasteiger charge is -2.29. The summed E-state index contributed by atoms with van der Waals surface area (Å²) in [4.78, 5) is 0. The molecule has 1 aliphatic heterocycles. The van der Waals surface area contributed by atoms with E-state index in [0.717, 1.165) is 17.2 Å². The Morgan fingerprint density at radius 3 is 2.38 bits per heavy atom. The molecule has 2 heterocycles. The van der Waals surface area contributed by atoms with E-state index < -0.39 is 35.7 Å². The van der Waals surface area contributed by atoms with Gasteiger partial charge < -0.3 is 10.3 Å². The molecule has 0 bridgehead atoms. The minimum atomic E-state index is -4.75. The fourth-order valence-corrected chi connectivity index (χ4v) is 1.44. The van der Waals surface area contributed by atoms with E-state index in [0.29, 0.717) is 12.3 Å². The SMILES string of the molecule is NC1C=CC(C(F)(F)F)=CN1Nc1cc(C(F)(F)F)on1. The number of hydrogen-bond acceptors (Lipinski definition) is 5. The number of hydrogen-bond donors (Lipinski definition) is 2. The first-order chi connectivity index (χ1) is 9.57. The van der Waals surface area contributed by atoms with Crippen LogP contribution >= 0.6 is 0 Å². The summed E-state index contributed by atoms with van der Waals surface area (Å²) in [5.41, 5.74) is 6.69. The van der Waals surface area contributed by atoms with Gasteiger partial charge in [-0.05, 0) is 12.2 Å². The van der Waals surface area contributed by atoms with Crippen LogP contribution in [0.2, 0.25) is 0 Å². The van der Waals surface area contributed by atoms with Crippen LogP contribution in [0.25, 0.3) is 0 Å². The molecule has 0 amide bonds. The van der Waals surface area contributed by atoms with E-state index in [-0.39, 0.29) is 0 Å². The number of nitrogens with one attached hydrogen (secondary N) is 1. The van der Waals surface area contributed by atoms with Crippen molar-refractivity contribution < 1.29 is 30.9 Å². The van der Waals surface area contributed by atoms with Gasteiger partial charge in [-0.1, -0.05) is 5.16 Å². The second kappa shape index (κ2) is 4.98. The lowest BCUT2D eigenvalue weighted by molar-refractivity contribution is -0.155. The molecule has 0 aliphatic carbocycles. The number of aromatic nitrogens is 1. The van der Waals surface area contributed by atoms with Crippen molar-refractivity contribution in [2.75, 3.05) is 5.43 Å². The highest BCUT2D eigenvalue weighted by Gasteiger charge is 2.37. The topological polar surface area (TPSA) is 67.3 Å². The van der Waals surface area contributed by atoms with E-state index in [4.69, 9.17) is 5.73 Å². The number of anilines is 1. The molecular formula is C10H8F6N4O. The average Bonchev–Trinajstić information content (AvgIpc) is 2.79. The van der Waals surface area contributed by atoms with Gasteiger partial charge in [0, 0.05) is 12.3 Å². The molecule has 0 saturated carbocycles. The number of alkyl halides is 6. The molecule has 0 saturated heterocycles. The predicted octanol–water partition coefficient (Wildman–Crippen LogP) is 2.62. The summed E-state index contributed by atoms with van der Waals surface area (Å²) in [5.74, 6) is -1.81. The van der Waals surface area contributed by atoms with Gasteiger partial charge in [0.2, 0.25) is 5.76 Å². The molecule has 1 atom stereocenters. The molecule has 21 heavy (non-hydrogen) atoms. The third-order valence-electron chi connectivity index (χ3n) is 2.43. The molecule has 1 aliphatic rings. The fraction of sp³-hybridized carbons (Fsp3) is 0.300. The molecule has 11 heteroatoms. The molecule has 1 unspecified atom stereocenters. The third-order valence-corrected chi connectivity index (χ3v) is 2.43. The van der Waals surface area contributed by atoms with E-state index in [2.05, 4.69) is 15.1 Å². The van der Waals surface area contributed by atoms with Gasteiger partial charge in [-0.25, -0.2) is 0 Å². The summed E-state index contributed by atoms with van der Waals surface area (Å²) in [6, 6.07) is 0.506. The summed E-state index contributed by atoms with van der Waals surface area (Å²) in [6.45, 7) is 0. The lowest BCUT2D eigenvalue weighted by Crippen LogP contribution is -2.43. The maximum absolute atomic E-state index is 12.5. The molecule has 0 spiro atoms. The van der Waals surface area contributed by atoms with Crippen molar-refractivity contribution in [2.45, 2.75) is 18.5 Å². The van der Waals surface area contributed by atoms with Gasteiger partial charge in [0.1, 0.15) is 6.17 Å². The van der Waals surface area contributed by atoms with Crippen LogP contribution in [-0.4, -0.2) is 22.5 Å². The quantitative estimate of drug-likeness (QED) is 0.822. The van der Waals surface area contributed by atoms with E-state index in [9.17, 15) is 26.3 Å². The van der Waals surface area contributed by atoms with Crippen molar-refractivity contribution >= 4 is 5.82 Å². The van der Waals surface area contributed by atoms with Gasteiger partial charge in [-0.15, -0.1) is 0 Å². The molecule has 1 aromatic rings. The van der Waals surface area contributed by atoms with Crippen molar-refractivity contribution in [1.82, 2.24) is 10.2 Å². The van der Waals surface area contributed by atoms with Crippen LogP contribution in [0.1, 0.15) is 5.76 Å². The zero-order chi connectivity index (χ0) is 15.8. The predicted molar refractivity (Wildman–Crippen MR) is 58.2 cm³/mol. The molecule has 0 fully saturated rings. The summed E-state index contributed by atoms with van der Waals surface area (Å²) in [7, 11) is 0. The molecule has 0 radical (unpaired) electrons. The molecular weight excluding hydrogens is 306 g/mol. The van der Waals surface area contributed by atoms with Crippen LogP contribution in [0.5, 0.6) is 0 Å². The summed E-state index contributed by atoms with van der Waals surface area (Å²) in [5, 5.41) is 3.83. The van der Waals surface area contributed by atoms with E-state index in [1.165, 1.54) is 0 Å². The Morgan fingerprint density at radius 2 is 1.86 bits per heavy atom.